The van der Waals surface area contributed by atoms with Crippen LogP contribution in [0.4, 0.5) is 5.95 Å². The molecule has 0 spiro atoms. The lowest BCUT2D eigenvalue weighted by Crippen LogP contribution is -2.61. The fourth-order valence-corrected chi connectivity index (χ4v) is 8.53. The largest absolute Gasteiger partial charge is 0.497 e. The third-order valence-corrected chi connectivity index (χ3v) is 12.2. The molecule has 59 heavy (non-hydrogen) atoms. The van der Waals surface area contributed by atoms with Crippen molar-refractivity contribution in [3.8, 4) is 22.9 Å². The van der Waals surface area contributed by atoms with Crippen LogP contribution in [-0.2, 0) is 0 Å². The monoisotopic (exact) mass is 826 g/mol. The Morgan fingerprint density at radius 2 is 1.03 bits per heavy atom. The van der Waals surface area contributed by atoms with Crippen LogP contribution in [0.2, 0.25) is 5.28 Å². The average Bonchev–Trinajstić information content (AvgIpc) is 3.80. The number of aromatic nitrogens is 10. The zero-order valence-corrected chi connectivity index (χ0v) is 37.2. The van der Waals surface area contributed by atoms with Gasteiger partial charge in [0.2, 0.25) is 11.2 Å². The molecule has 2 fully saturated rings. The minimum atomic E-state index is 0.0932. The van der Waals surface area contributed by atoms with Crippen molar-refractivity contribution < 1.29 is 9.47 Å². The standard InChI is InChI=1S/C21H29N7O.C11H8ClN5O.C10H22N2/c1-20(2)11-14(12-21(3,4)27(20)5)23-19-22-13-17-18(24-19)28(26-25-17)15-7-9-16(29-6)10-8-15;1-18-8-4-2-7(3-5-8)17-10-9(15-16-17)6-13-11(12)14-10;1-9(2)6-8(11)7-10(3,4)12(9)5/h7-10,13-14H,11-12H2,1-6H3,(H,22,23,24);2-6H,1H3;8H,6-7,11H2,1-5H3. The number of nitrogens with one attached hydrogen (secondary N) is 1. The van der Waals surface area contributed by atoms with Gasteiger partial charge in [-0.1, -0.05) is 10.4 Å². The summed E-state index contributed by atoms with van der Waals surface area (Å²) in [5.41, 5.74) is 10.9. The highest BCUT2D eigenvalue weighted by Crippen LogP contribution is 2.38. The molecule has 0 amide bonds. The van der Waals surface area contributed by atoms with Crippen LogP contribution < -0.4 is 20.5 Å². The maximum absolute atomic E-state index is 6.02. The van der Waals surface area contributed by atoms with E-state index in [0.717, 1.165) is 48.6 Å². The summed E-state index contributed by atoms with van der Waals surface area (Å²) in [5, 5.41) is 20.2. The zero-order chi connectivity index (χ0) is 42.9. The topological polar surface area (TPSA) is 176 Å². The Balaban J connectivity index is 0.000000165. The Labute approximate surface area is 351 Å². The van der Waals surface area contributed by atoms with E-state index in [0.29, 0.717) is 40.4 Å². The molecule has 2 aromatic carbocycles. The van der Waals surface area contributed by atoms with Crippen LogP contribution in [0.3, 0.4) is 0 Å². The molecule has 0 unspecified atom stereocenters. The van der Waals surface area contributed by atoms with E-state index in [4.69, 9.17) is 31.8 Å². The van der Waals surface area contributed by atoms with E-state index < -0.39 is 0 Å². The highest BCUT2D eigenvalue weighted by molar-refractivity contribution is 6.28. The maximum atomic E-state index is 6.02. The minimum Gasteiger partial charge on any atom is -0.497 e. The van der Waals surface area contributed by atoms with Crippen molar-refractivity contribution in [3.05, 3.63) is 66.2 Å². The first-order chi connectivity index (χ1) is 27.7. The van der Waals surface area contributed by atoms with Gasteiger partial charge in [-0.05, 0) is 155 Å². The van der Waals surface area contributed by atoms with Crippen molar-refractivity contribution in [1.82, 2.24) is 59.7 Å². The molecule has 0 radical (unpaired) electrons. The summed E-state index contributed by atoms with van der Waals surface area (Å²) in [6.07, 6.45) is 7.51. The summed E-state index contributed by atoms with van der Waals surface area (Å²) >= 11 is 5.77. The third kappa shape index (κ3) is 9.72. The van der Waals surface area contributed by atoms with Gasteiger partial charge in [-0.2, -0.15) is 19.3 Å². The molecule has 2 saturated heterocycles. The molecular formula is C42H59ClN14O2. The molecule has 3 N–H and O–H groups in total. The van der Waals surface area contributed by atoms with Crippen LogP contribution >= 0.6 is 11.6 Å². The van der Waals surface area contributed by atoms with E-state index in [-0.39, 0.29) is 27.4 Å². The molecule has 17 heteroatoms. The van der Waals surface area contributed by atoms with Gasteiger partial charge in [-0.15, -0.1) is 10.2 Å². The number of methoxy groups -OCH3 is 2. The Morgan fingerprint density at radius 1 is 0.627 bits per heavy atom. The lowest BCUT2D eigenvalue weighted by Gasteiger charge is -2.53. The highest BCUT2D eigenvalue weighted by atomic mass is 35.5. The van der Waals surface area contributed by atoms with Crippen molar-refractivity contribution in [2.75, 3.05) is 33.6 Å². The minimum absolute atomic E-state index is 0.0932. The van der Waals surface area contributed by atoms with Gasteiger partial charge < -0.3 is 20.5 Å². The fourth-order valence-electron chi connectivity index (χ4n) is 8.40. The van der Waals surface area contributed by atoms with Crippen LogP contribution in [0, 0.1) is 0 Å². The van der Waals surface area contributed by atoms with Crippen LogP contribution in [0.5, 0.6) is 11.5 Å². The second kappa shape index (κ2) is 16.9. The molecule has 8 rings (SSSR count). The van der Waals surface area contributed by atoms with Gasteiger partial charge in [0.1, 0.15) is 11.5 Å². The number of anilines is 1. The number of benzene rings is 2. The molecule has 0 saturated carbocycles. The number of halogens is 1. The van der Waals surface area contributed by atoms with Gasteiger partial charge in [0.05, 0.1) is 38.0 Å². The predicted molar refractivity (Wildman–Crippen MR) is 233 cm³/mol. The number of nitrogens with two attached hydrogens (primary N) is 1. The van der Waals surface area contributed by atoms with E-state index in [1.54, 1.807) is 29.8 Å². The molecular weight excluding hydrogens is 768 g/mol. The molecule has 4 aromatic heterocycles. The van der Waals surface area contributed by atoms with Crippen molar-refractivity contribution in [2.24, 2.45) is 5.73 Å². The molecule has 316 valence electrons. The lowest BCUT2D eigenvalue weighted by atomic mass is 9.77. The van der Waals surface area contributed by atoms with Gasteiger partial charge in [-0.3, -0.25) is 9.80 Å². The summed E-state index contributed by atoms with van der Waals surface area (Å²) in [6.45, 7) is 18.2. The number of nitrogens with zero attached hydrogens (tertiary/aromatic N) is 12. The number of likely N-dealkylation sites (tertiary alicyclic amines) is 2. The third-order valence-electron chi connectivity index (χ3n) is 12.0. The normalized spacial score (nSPS) is 19.0. The highest BCUT2D eigenvalue weighted by Gasteiger charge is 2.43. The van der Waals surface area contributed by atoms with E-state index in [2.05, 4.69) is 120 Å². The Kier molecular flexibility index (Phi) is 12.5. The first-order valence-corrected chi connectivity index (χ1v) is 20.2. The van der Waals surface area contributed by atoms with Gasteiger partial charge >= 0.3 is 0 Å². The number of fused-ring (bicyclic) bond motifs is 2. The Hall–Kier alpha value is -5.03. The second-order valence-corrected chi connectivity index (χ2v) is 18.3. The summed E-state index contributed by atoms with van der Waals surface area (Å²) in [5.74, 6) is 2.18. The maximum Gasteiger partial charge on any atom is 0.225 e. The van der Waals surface area contributed by atoms with E-state index in [1.165, 1.54) is 6.20 Å². The number of hydrogen-bond donors (Lipinski definition) is 2. The fraction of sp³-hybridized carbons (Fsp3) is 0.524. The van der Waals surface area contributed by atoms with Crippen LogP contribution in [0.25, 0.3) is 33.7 Å². The lowest BCUT2D eigenvalue weighted by molar-refractivity contribution is -0.0111. The average molecular weight is 827 g/mol. The summed E-state index contributed by atoms with van der Waals surface area (Å²) in [6, 6.07) is 15.7. The van der Waals surface area contributed by atoms with E-state index >= 15 is 0 Å². The quantitative estimate of drug-likeness (QED) is 0.169. The zero-order valence-electron chi connectivity index (χ0n) is 36.4. The summed E-state index contributed by atoms with van der Waals surface area (Å²) in [7, 11) is 7.67. The van der Waals surface area contributed by atoms with Gasteiger partial charge in [-0.25, -0.2) is 9.97 Å². The summed E-state index contributed by atoms with van der Waals surface area (Å²) in [4.78, 5) is 22.1. The number of ether oxygens (including phenoxy) is 2. The van der Waals surface area contributed by atoms with Crippen LogP contribution in [-0.4, -0.2) is 122 Å². The molecule has 2 aliphatic heterocycles. The van der Waals surface area contributed by atoms with Gasteiger partial charge in [0.25, 0.3) is 0 Å². The smallest absolute Gasteiger partial charge is 0.225 e. The van der Waals surface area contributed by atoms with Crippen molar-refractivity contribution >= 4 is 39.9 Å². The molecule has 6 aromatic rings. The van der Waals surface area contributed by atoms with Crippen molar-refractivity contribution in [1.29, 1.82) is 0 Å². The molecule has 0 aliphatic carbocycles. The van der Waals surface area contributed by atoms with Gasteiger partial charge in [0.15, 0.2) is 22.3 Å². The van der Waals surface area contributed by atoms with Gasteiger partial charge in [0, 0.05) is 34.2 Å². The molecule has 6 heterocycles. The molecule has 2 aliphatic rings. The SMILES string of the molecule is CN1C(C)(C)CC(N)CC1(C)C.COc1ccc(-n2nnc3cnc(Cl)nc32)cc1.COc1ccc(-n2nnc3cnc(NC4CC(C)(C)N(C)C(C)(C)C4)nc32)cc1. The Bertz CT molecular complexity index is 2300. The van der Waals surface area contributed by atoms with Crippen molar-refractivity contribution in [2.45, 2.75) is 115 Å². The number of hydrogen-bond acceptors (Lipinski definition) is 14. The first-order valence-electron chi connectivity index (χ1n) is 19.8. The van der Waals surface area contributed by atoms with E-state index in [9.17, 15) is 0 Å². The predicted octanol–water partition coefficient (Wildman–Crippen LogP) is 6.75. The first kappa shape index (κ1) is 43.5. The van der Waals surface area contributed by atoms with E-state index in [1.807, 2.05) is 48.5 Å². The summed E-state index contributed by atoms with van der Waals surface area (Å²) < 4.78 is 13.7. The molecule has 0 bridgehead atoms. The second-order valence-electron chi connectivity index (χ2n) is 17.9. The van der Waals surface area contributed by atoms with Crippen molar-refractivity contribution in [3.63, 3.8) is 0 Å². The number of piperidine rings is 2. The van der Waals surface area contributed by atoms with Crippen LogP contribution in [0.15, 0.2) is 60.9 Å². The van der Waals surface area contributed by atoms with Crippen LogP contribution in [0.1, 0.15) is 81.1 Å². The Morgan fingerprint density at radius 3 is 1.47 bits per heavy atom. The number of rotatable bonds is 6. The molecule has 16 nitrogen and oxygen atoms in total. The molecule has 0 atom stereocenters.